The Morgan fingerprint density at radius 1 is 0.264 bits per heavy atom. The highest BCUT2D eigenvalue weighted by Crippen LogP contribution is 2.18. The van der Waals surface area contributed by atoms with Gasteiger partial charge in [0, 0.05) is 25.7 Å². The highest BCUT2D eigenvalue weighted by molar-refractivity contribution is 6.63. The molecule has 0 fully saturated rings. The van der Waals surface area contributed by atoms with E-state index in [1.807, 2.05) is 0 Å². The number of unbranched alkanes of at least 4 members (excludes halogenated alkanes) is 48. The van der Waals surface area contributed by atoms with Gasteiger partial charge >= 0.3 is 17.9 Å². The molecule has 0 amide bonds. The van der Waals surface area contributed by atoms with Crippen molar-refractivity contribution >= 4 is 34.8 Å². The summed E-state index contributed by atoms with van der Waals surface area (Å²) in [4.78, 5) is 44.8. The van der Waals surface area contributed by atoms with E-state index in [2.05, 4.69) is 13.8 Å². The van der Waals surface area contributed by atoms with Crippen molar-refractivity contribution in [3.8, 4) is 0 Å². The first-order valence-electron chi connectivity index (χ1n) is 32.0. The van der Waals surface area contributed by atoms with Gasteiger partial charge in [0.05, 0.1) is 13.2 Å². The predicted molar refractivity (Wildman–Crippen MR) is 310 cm³/mol. The fourth-order valence-electron chi connectivity index (χ4n) is 9.72. The van der Waals surface area contributed by atoms with Crippen LogP contribution in [0.15, 0.2) is 0 Å². The number of ether oxygens (including phenoxy) is 2. The van der Waals surface area contributed by atoms with Crippen LogP contribution in [-0.4, -0.2) is 41.5 Å². The molecule has 0 spiro atoms. The summed E-state index contributed by atoms with van der Waals surface area (Å²) in [6, 6.07) is 0. The SMILES string of the molecule is CCCCCCCCCCCCCCCC(=O)OCCCCCCCCCCCCCCCC(=O)Cl.CCCCCCCCCCCCCCCC(=O)OCCCCCCCCCCCCCCCC(=O)O. The summed E-state index contributed by atoms with van der Waals surface area (Å²) in [7, 11) is 0. The molecule has 0 heterocycles. The number of aliphatic carboxylic acids is 1. The lowest BCUT2D eigenvalue weighted by atomic mass is 10.0. The molecule has 0 saturated carbocycles. The van der Waals surface area contributed by atoms with Crippen LogP contribution in [0.1, 0.15) is 373 Å². The molecule has 0 aromatic carbocycles. The number of hydrogen-bond acceptors (Lipinski definition) is 6. The van der Waals surface area contributed by atoms with Crippen LogP contribution < -0.4 is 0 Å². The van der Waals surface area contributed by atoms with Crippen LogP contribution in [0, 0.1) is 0 Å². The number of halogens is 1. The minimum absolute atomic E-state index is 0.0000384. The van der Waals surface area contributed by atoms with Crippen LogP contribution in [0.25, 0.3) is 0 Å². The Hall–Kier alpha value is -1.63. The first-order valence-corrected chi connectivity index (χ1v) is 32.4. The van der Waals surface area contributed by atoms with Crippen LogP contribution >= 0.6 is 11.6 Å². The van der Waals surface area contributed by atoms with Gasteiger partial charge < -0.3 is 14.6 Å². The van der Waals surface area contributed by atoms with Crippen molar-refractivity contribution in [2.24, 2.45) is 0 Å². The molecule has 0 aromatic heterocycles. The molecule has 0 aromatic rings. The zero-order valence-corrected chi connectivity index (χ0v) is 49.0. The number of rotatable bonds is 60. The predicted octanol–water partition coefficient (Wildman–Crippen LogP) is 21.8. The molecule has 0 radical (unpaired) electrons. The average molecular weight is 1040 g/mol. The second kappa shape index (κ2) is 65.5. The van der Waals surface area contributed by atoms with Gasteiger partial charge in [-0.1, -0.05) is 309 Å². The molecule has 0 unspecified atom stereocenters. The fourth-order valence-corrected chi connectivity index (χ4v) is 9.86. The third kappa shape index (κ3) is 70.4. The number of esters is 2. The molecule has 1 N–H and O–H groups in total. The maximum absolute atomic E-state index is 11.9. The molecule has 0 aliphatic rings. The van der Waals surface area contributed by atoms with E-state index in [0.29, 0.717) is 38.9 Å². The minimum atomic E-state index is -0.670. The van der Waals surface area contributed by atoms with Crippen LogP contribution in [0.3, 0.4) is 0 Å². The first kappa shape index (κ1) is 72.4. The summed E-state index contributed by atoms with van der Waals surface area (Å²) >= 11 is 5.34. The zero-order chi connectivity index (χ0) is 52.7. The van der Waals surface area contributed by atoms with Crippen LogP contribution in [0.2, 0.25) is 0 Å². The van der Waals surface area contributed by atoms with Gasteiger partial charge in [0.1, 0.15) is 0 Å². The first-order chi connectivity index (χ1) is 35.3. The van der Waals surface area contributed by atoms with E-state index in [9.17, 15) is 19.2 Å². The molecule has 0 saturated heterocycles. The highest BCUT2D eigenvalue weighted by atomic mass is 35.5. The molecule has 0 bridgehead atoms. The molecule has 0 rings (SSSR count). The third-order valence-electron chi connectivity index (χ3n) is 14.5. The summed E-state index contributed by atoms with van der Waals surface area (Å²) in [6.45, 7) is 5.76. The molecular formula is C64H123ClO7. The van der Waals surface area contributed by atoms with Crippen molar-refractivity contribution in [1.29, 1.82) is 0 Å². The lowest BCUT2D eigenvalue weighted by Gasteiger charge is -2.06. The van der Waals surface area contributed by atoms with E-state index in [1.165, 1.54) is 283 Å². The largest absolute Gasteiger partial charge is 0.481 e. The second-order valence-electron chi connectivity index (χ2n) is 21.9. The van der Waals surface area contributed by atoms with Crippen molar-refractivity contribution in [1.82, 2.24) is 0 Å². The van der Waals surface area contributed by atoms with Crippen molar-refractivity contribution < 1.29 is 33.8 Å². The lowest BCUT2D eigenvalue weighted by Crippen LogP contribution is -2.05. The molecule has 7 nitrogen and oxygen atoms in total. The molecule has 72 heavy (non-hydrogen) atoms. The zero-order valence-electron chi connectivity index (χ0n) is 48.3. The van der Waals surface area contributed by atoms with Gasteiger partial charge in [-0.15, -0.1) is 0 Å². The summed E-state index contributed by atoms with van der Waals surface area (Å²) in [6.07, 6.45) is 68.3. The van der Waals surface area contributed by atoms with Gasteiger partial charge in [-0.3, -0.25) is 19.2 Å². The Labute approximate surface area is 453 Å². The van der Waals surface area contributed by atoms with Gasteiger partial charge in [0.2, 0.25) is 5.24 Å². The number of carbonyl (C=O) groups excluding carboxylic acids is 3. The Bertz CT molecular complexity index is 1010. The van der Waals surface area contributed by atoms with Crippen LogP contribution in [0.5, 0.6) is 0 Å². The average Bonchev–Trinajstić information content (AvgIpc) is 3.36. The van der Waals surface area contributed by atoms with E-state index in [4.69, 9.17) is 26.2 Å². The maximum Gasteiger partial charge on any atom is 0.305 e. The fraction of sp³-hybridized carbons (Fsp3) is 0.938. The topological polar surface area (TPSA) is 107 Å². The van der Waals surface area contributed by atoms with E-state index in [-0.39, 0.29) is 17.2 Å². The van der Waals surface area contributed by atoms with Gasteiger partial charge in [-0.2, -0.15) is 0 Å². The molecule has 0 aliphatic carbocycles. The van der Waals surface area contributed by atoms with Gasteiger partial charge in [0.25, 0.3) is 0 Å². The van der Waals surface area contributed by atoms with Crippen molar-refractivity contribution in [3.05, 3.63) is 0 Å². The van der Waals surface area contributed by atoms with E-state index < -0.39 is 5.97 Å². The Morgan fingerprint density at radius 3 is 0.653 bits per heavy atom. The van der Waals surface area contributed by atoms with Gasteiger partial charge in [-0.05, 0) is 50.1 Å². The standard InChI is InChI=1S/C32H61ClO3.C32H62O4/c2*1-2-3-4-5-6-7-8-10-14-17-20-23-26-29-32(35)36-30-27-24-21-18-15-12-9-11-13-16-19-22-25-28-31(33)34/h2-30H2,1H3;2-30H2,1H3,(H,33,34). The summed E-state index contributed by atoms with van der Waals surface area (Å²) < 4.78 is 10.8. The molecule has 428 valence electrons. The van der Waals surface area contributed by atoms with Crippen molar-refractivity contribution in [2.45, 2.75) is 373 Å². The molecular weight excluding hydrogens is 916 g/mol. The van der Waals surface area contributed by atoms with Crippen LogP contribution in [0.4, 0.5) is 0 Å². The Kier molecular flexibility index (Phi) is 65.9. The number of carboxylic acid groups (broad SMARTS) is 1. The van der Waals surface area contributed by atoms with Gasteiger partial charge in [-0.25, -0.2) is 0 Å². The molecule has 0 atom stereocenters. The lowest BCUT2D eigenvalue weighted by molar-refractivity contribution is -0.144. The molecule has 8 heteroatoms. The van der Waals surface area contributed by atoms with Crippen molar-refractivity contribution in [2.75, 3.05) is 13.2 Å². The summed E-state index contributed by atoms with van der Waals surface area (Å²) in [5, 5.41) is 8.41. The number of hydrogen-bond donors (Lipinski definition) is 1. The quantitative estimate of drug-likeness (QED) is 0.0367. The van der Waals surface area contributed by atoms with E-state index in [1.54, 1.807) is 0 Å². The van der Waals surface area contributed by atoms with Crippen LogP contribution in [-0.2, 0) is 28.7 Å². The minimum Gasteiger partial charge on any atom is -0.481 e. The third-order valence-corrected chi connectivity index (χ3v) is 14.7. The van der Waals surface area contributed by atoms with Crippen molar-refractivity contribution in [3.63, 3.8) is 0 Å². The Balaban J connectivity index is 0. The molecule has 0 aliphatic heterocycles. The smallest absolute Gasteiger partial charge is 0.305 e. The number of carbonyl (C=O) groups is 4. The monoisotopic (exact) mass is 1040 g/mol. The normalized spacial score (nSPS) is 11.2. The summed E-state index contributed by atoms with van der Waals surface area (Å²) in [5.41, 5.74) is 0. The summed E-state index contributed by atoms with van der Waals surface area (Å²) in [5.74, 6) is -0.665. The highest BCUT2D eigenvalue weighted by Gasteiger charge is 2.05. The maximum atomic E-state index is 11.9. The van der Waals surface area contributed by atoms with E-state index >= 15 is 0 Å². The van der Waals surface area contributed by atoms with E-state index in [0.717, 1.165) is 51.4 Å². The Morgan fingerprint density at radius 2 is 0.444 bits per heavy atom. The second-order valence-corrected chi connectivity index (χ2v) is 22.3. The number of carboxylic acids is 1. The van der Waals surface area contributed by atoms with Gasteiger partial charge in [0.15, 0.2) is 0 Å².